The molecule has 2 rings (SSSR count). The topological polar surface area (TPSA) is 80.5 Å². The Morgan fingerprint density at radius 2 is 2.00 bits per heavy atom. The number of hydrogen-bond donors (Lipinski definition) is 5. The second-order valence-electron chi connectivity index (χ2n) is 6.87. The third-order valence-electron chi connectivity index (χ3n) is 4.69. The second-order valence-corrected chi connectivity index (χ2v) is 6.87. The van der Waals surface area contributed by atoms with Crippen molar-refractivity contribution in [3.8, 4) is 0 Å². The summed E-state index contributed by atoms with van der Waals surface area (Å²) in [6, 6.07) is 0.187. The van der Waals surface area contributed by atoms with Gasteiger partial charge in [-0.25, -0.2) is 4.79 Å². The van der Waals surface area contributed by atoms with Crippen LogP contribution >= 0.6 is 0 Å². The van der Waals surface area contributed by atoms with Gasteiger partial charge in [0.2, 0.25) is 0 Å². The highest BCUT2D eigenvalue weighted by Crippen LogP contribution is 2.09. The van der Waals surface area contributed by atoms with E-state index >= 15 is 0 Å². The third-order valence-corrected chi connectivity index (χ3v) is 4.69. The Balaban J connectivity index is 1.47. The second kappa shape index (κ2) is 10.1. The fourth-order valence-electron chi connectivity index (χ4n) is 3.23. The molecule has 3 unspecified atom stereocenters. The summed E-state index contributed by atoms with van der Waals surface area (Å²) in [5, 5.41) is 16.4. The van der Waals surface area contributed by atoms with E-state index in [0.29, 0.717) is 18.9 Å². The number of rotatable bonds is 7. The number of amides is 2. The maximum atomic E-state index is 11.9. The molecule has 3 atom stereocenters. The van der Waals surface area contributed by atoms with Crippen LogP contribution in [0.25, 0.3) is 0 Å². The van der Waals surface area contributed by atoms with Crippen LogP contribution in [0.1, 0.15) is 38.5 Å². The lowest BCUT2D eigenvalue weighted by molar-refractivity contribution is 0.182. The Labute approximate surface area is 140 Å². The Bertz CT molecular complexity index is 337. The lowest BCUT2D eigenvalue weighted by Crippen LogP contribution is -2.55. The average Bonchev–Trinajstić information content (AvgIpc) is 2.56. The average molecular weight is 326 g/mol. The Kier molecular flexibility index (Phi) is 8.08. The summed E-state index contributed by atoms with van der Waals surface area (Å²) in [6.45, 7) is 3.60. The van der Waals surface area contributed by atoms with Crippen molar-refractivity contribution < 1.29 is 4.79 Å². The van der Waals surface area contributed by atoms with Crippen LogP contribution in [0, 0.1) is 0 Å². The summed E-state index contributed by atoms with van der Waals surface area (Å²) in [5.41, 5.74) is 0. The van der Waals surface area contributed by atoms with E-state index in [1.165, 1.54) is 19.3 Å². The first-order valence-corrected chi connectivity index (χ1v) is 9.06. The smallest absolute Gasteiger partial charge is 0.315 e. The number of nitrogens with one attached hydrogen (secondary N) is 5. The van der Waals surface area contributed by atoms with Gasteiger partial charge in [0.05, 0.1) is 12.3 Å². The van der Waals surface area contributed by atoms with Crippen LogP contribution in [-0.4, -0.2) is 69.6 Å². The van der Waals surface area contributed by atoms with Gasteiger partial charge in [0.25, 0.3) is 0 Å². The first-order valence-electron chi connectivity index (χ1n) is 9.06. The molecule has 0 aromatic carbocycles. The summed E-state index contributed by atoms with van der Waals surface area (Å²) < 4.78 is 0. The molecule has 2 aliphatic heterocycles. The maximum Gasteiger partial charge on any atom is 0.315 e. The largest absolute Gasteiger partial charge is 0.338 e. The highest BCUT2D eigenvalue weighted by atomic mass is 16.2. The molecule has 7 nitrogen and oxygen atoms in total. The number of nitrogens with zero attached hydrogens (tertiary/aromatic N) is 1. The van der Waals surface area contributed by atoms with E-state index in [1.54, 1.807) is 0 Å². The molecule has 0 spiro atoms. The van der Waals surface area contributed by atoms with Gasteiger partial charge >= 0.3 is 6.03 Å². The van der Waals surface area contributed by atoms with E-state index in [2.05, 4.69) is 45.6 Å². The molecule has 0 aromatic heterocycles. The molecule has 2 saturated heterocycles. The molecule has 7 heteroatoms. The van der Waals surface area contributed by atoms with Gasteiger partial charge in [-0.15, -0.1) is 0 Å². The molecule has 2 heterocycles. The molecule has 0 bridgehead atoms. The van der Waals surface area contributed by atoms with Crippen molar-refractivity contribution in [3.05, 3.63) is 0 Å². The molecule has 2 aliphatic rings. The van der Waals surface area contributed by atoms with Crippen LogP contribution in [0.5, 0.6) is 0 Å². The van der Waals surface area contributed by atoms with E-state index in [4.69, 9.17) is 0 Å². The van der Waals surface area contributed by atoms with Crippen molar-refractivity contribution in [2.24, 2.45) is 0 Å². The molecule has 2 fully saturated rings. The van der Waals surface area contributed by atoms with Gasteiger partial charge in [-0.1, -0.05) is 0 Å². The van der Waals surface area contributed by atoms with Gasteiger partial charge in [0.15, 0.2) is 0 Å². The van der Waals surface area contributed by atoms with Crippen molar-refractivity contribution in [2.75, 3.05) is 40.3 Å². The minimum absolute atomic E-state index is 0.0455. The minimum atomic E-state index is -0.0455. The number of hydrogen-bond acceptors (Lipinski definition) is 5. The van der Waals surface area contributed by atoms with E-state index in [-0.39, 0.29) is 12.1 Å². The summed E-state index contributed by atoms with van der Waals surface area (Å²) in [4.78, 5) is 14.1. The van der Waals surface area contributed by atoms with Crippen LogP contribution < -0.4 is 26.6 Å². The molecular weight excluding hydrogens is 292 g/mol. The van der Waals surface area contributed by atoms with Crippen LogP contribution in [0.2, 0.25) is 0 Å². The molecule has 0 aliphatic carbocycles. The zero-order valence-electron chi connectivity index (χ0n) is 14.7. The Morgan fingerprint density at radius 1 is 1.13 bits per heavy atom. The molecule has 5 N–H and O–H groups in total. The molecule has 23 heavy (non-hydrogen) atoms. The Hall–Kier alpha value is -0.890. The van der Waals surface area contributed by atoms with E-state index in [1.807, 2.05) is 0 Å². The quantitative estimate of drug-likeness (QED) is 0.426. The summed E-state index contributed by atoms with van der Waals surface area (Å²) in [7, 11) is 4.16. The summed E-state index contributed by atoms with van der Waals surface area (Å²) in [6.07, 6.45) is 7.72. The number of urea groups is 1. The van der Waals surface area contributed by atoms with Crippen LogP contribution in [0.15, 0.2) is 0 Å². The third kappa shape index (κ3) is 7.03. The van der Waals surface area contributed by atoms with Crippen molar-refractivity contribution in [1.82, 2.24) is 31.5 Å². The number of carbonyl (C=O) groups is 1. The number of piperidine rings is 2. The van der Waals surface area contributed by atoms with E-state index in [0.717, 1.165) is 38.9 Å². The lowest BCUT2D eigenvalue weighted by atomic mass is 10.1. The highest BCUT2D eigenvalue weighted by Gasteiger charge is 2.22. The molecular formula is C16H34N6O. The highest BCUT2D eigenvalue weighted by molar-refractivity contribution is 5.74. The van der Waals surface area contributed by atoms with Gasteiger partial charge in [0, 0.05) is 19.1 Å². The monoisotopic (exact) mass is 326 g/mol. The fraction of sp³-hybridized carbons (Fsp3) is 0.938. The predicted octanol–water partition coefficient (Wildman–Crippen LogP) is 0.00460. The first-order chi connectivity index (χ1) is 11.1. The molecule has 2 amide bonds. The summed E-state index contributed by atoms with van der Waals surface area (Å²) in [5.74, 6) is 0. The minimum Gasteiger partial charge on any atom is -0.338 e. The molecule has 0 saturated carbocycles. The van der Waals surface area contributed by atoms with Gasteiger partial charge in [-0.05, 0) is 65.7 Å². The van der Waals surface area contributed by atoms with E-state index in [9.17, 15) is 4.79 Å². The zero-order valence-corrected chi connectivity index (χ0v) is 14.7. The standard InChI is InChI=1S/C16H34N6O/c1-22(2)15-8-7-13(12-20-15)21-16(23)19-11-5-10-18-14-6-3-4-9-17-14/h13-15,17-18,20H,3-12H2,1-2H3,(H2,19,21,23). The van der Waals surface area contributed by atoms with Crippen LogP contribution in [0.3, 0.4) is 0 Å². The predicted molar refractivity (Wildman–Crippen MR) is 93.3 cm³/mol. The van der Waals surface area contributed by atoms with Crippen molar-refractivity contribution in [3.63, 3.8) is 0 Å². The Morgan fingerprint density at radius 3 is 2.65 bits per heavy atom. The SMILES string of the molecule is CN(C)C1CCC(NC(=O)NCCCNC2CCCCN2)CN1. The molecule has 134 valence electrons. The van der Waals surface area contributed by atoms with Gasteiger partial charge in [-0.2, -0.15) is 0 Å². The fourth-order valence-corrected chi connectivity index (χ4v) is 3.23. The van der Waals surface area contributed by atoms with Crippen LogP contribution in [-0.2, 0) is 0 Å². The van der Waals surface area contributed by atoms with E-state index < -0.39 is 0 Å². The first kappa shape index (κ1) is 18.4. The van der Waals surface area contributed by atoms with Crippen molar-refractivity contribution in [2.45, 2.75) is 56.9 Å². The lowest BCUT2D eigenvalue weighted by Gasteiger charge is -2.34. The van der Waals surface area contributed by atoms with Crippen molar-refractivity contribution in [1.29, 1.82) is 0 Å². The van der Waals surface area contributed by atoms with Gasteiger partial charge in [0.1, 0.15) is 0 Å². The van der Waals surface area contributed by atoms with Crippen LogP contribution in [0.4, 0.5) is 4.79 Å². The maximum absolute atomic E-state index is 11.9. The zero-order chi connectivity index (χ0) is 16.5. The van der Waals surface area contributed by atoms with Gasteiger partial charge < -0.3 is 21.3 Å². The van der Waals surface area contributed by atoms with Crippen molar-refractivity contribution >= 4 is 6.03 Å². The normalized spacial score (nSPS) is 28.6. The summed E-state index contributed by atoms with van der Waals surface area (Å²) >= 11 is 0. The molecule has 0 radical (unpaired) electrons. The number of carbonyl (C=O) groups excluding carboxylic acids is 1. The molecule has 0 aromatic rings. The van der Waals surface area contributed by atoms with Gasteiger partial charge in [-0.3, -0.25) is 10.2 Å².